The number of ether oxygens (including phenoxy) is 1. The number of rotatable bonds is 3. The summed E-state index contributed by atoms with van der Waals surface area (Å²) in [5.41, 5.74) is 3.01. The number of fused-ring (bicyclic) bond motifs is 2. The van der Waals surface area contributed by atoms with Gasteiger partial charge in [-0.15, -0.1) is 0 Å². The van der Waals surface area contributed by atoms with E-state index in [4.69, 9.17) is 9.72 Å². The third-order valence-electron chi connectivity index (χ3n) is 4.11. The van der Waals surface area contributed by atoms with E-state index in [1.807, 2.05) is 32.0 Å². The Balaban J connectivity index is 2.01. The molecular formula is C22H19NO. The van der Waals surface area contributed by atoms with Crippen LogP contribution in [0.4, 0.5) is 0 Å². The van der Waals surface area contributed by atoms with Gasteiger partial charge in [0.25, 0.3) is 0 Å². The van der Waals surface area contributed by atoms with Crippen LogP contribution in [0, 0.1) is 0 Å². The van der Waals surface area contributed by atoms with E-state index < -0.39 is 0 Å². The third-order valence-corrected chi connectivity index (χ3v) is 4.11. The van der Waals surface area contributed by atoms with Crippen LogP contribution in [0.1, 0.15) is 13.8 Å². The highest BCUT2D eigenvalue weighted by Crippen LogP contribution is 2.37. The van der Waals surface area contributed by atoms with Gasteiger partial charge in [-0.1, -0.05) is 54.6 Å². The van der Waals surface area contributed by atoms with Crippen molar-refractivity contribution in [3.63, 3.8) is 0 Å². The van der Waals surface area contributed by atoms with Crippen molar-refractivity contribution in [2.45, 2.75) is 20.0 Å². The van der Waals surface area contributed by atoms with Crippen LogP contribution in [0.25, 0.3) is 32.9 Å². The quantitative estimate of drug-likeness (QED) is 0.474. The molecule has 0 atom stereocenters. The van der Waals surface area contributed by atoms with E-state index in [-0.39, 0.29) is 6.10 Å². The Hall–Kier alpha value is -2.87. The van der Waals surface area contributed by atoms with Gasteiger partial charge in [-0.2, -0.15) is 0 Å². The fourth-order valence-electron chi connectivity index (χ4n) is 3.07. The highest BCUT2D eigenvalue weighted by molar-refractivity contribution is 5.99. The van der Waals surface area contributed by atoms with Crippen LogP contribution in [0.3, 0.4) is 0 Å². The zero-order valence-electron chi connectivity index (χ0n) is 13.9. The van der Waals surface area contributed by atoms with E-state index in [0.717, 1.165) is 27.9 Å². The van der Waals surface area contributed by atoms with Crippen LogP contribution in [0.15, 0.2) is 72.8 Å². The Kier molecular flexibility index (Phi) is 3.66. The van der Waals surface area contributed by atoms with E-state index in [1.165, 1.54) is 10.8 Å². The Morgan fingerprint density at radius 2 is 1.46 bits per heavy atom. The number of benzene rings is 3. The molecule has 2 nitrogen and oxygen atoms in total. The molecule has 0 bridgehead atoms. The second-order valence-electron chi connectivity index (χ2n) is 6.22. The van der Waals surface area contributed by atoms with Gasteiger partial charge in [-0.25, -0.2) is 4.98 Å². The molecule has 1 aromatic heterocycles. The van der Waals surface area contributed by atoms with Crippen LogP contribution >= 0.6 is 0 Å². The van der Waals surface area contributed by atoms with Crippen molar-refractivity contribution >= 4 is 21.7 Å². The van der Waals surface area contributed by atoms with Crippen LogP contribution in [0.5, 0.6) is 5.75 Å². The first-order valence-corrected chi connectivity index (χ1v) is 8.27. The molecule has 0 saturated heterocycles. The van der Waals surface area contributed by atoms with Gasteiger partial charge in [0.1, 0.15) is 5.75 Å². The molecule has 1 heterocycles. The van der Waals surface area contributed by atoms with Gasteiger partial charge in [0.15, 0.2) is 0 Å². The highest BCUT2D eigenvalue weighted by Gasteiger charge is 2.14. The lowest BCUT2D eigenvalue weighted by molar-refractivity contribution is 0.244. The van der Waals surface area contributed by atoms with Crippen molar-refractivity contribution in [2.24, 2.45) is 0 Å². The Bertz CT molecular complexity index is 1020. The molecule has 0 radical (unpaired) electrons. The summed E-state index contributed by atoms with van der Waals surface area (Å²) in [6, 6.07) is 24.9. The Labute approximate surface area is 141 Å². The van der Waals surface area contributed by atoms with Gasteiger partial charge in [-0.3, -0.25) is 0 Å². The molecule has 0 aliphatic carbocycles. The maximum atomic E-state index is 6.08. The summed E-state index contributed by atoms with van der Waals surface area (Å²) in [5, 5.41) is 3.50. The van der Waals surface area contributed by atoms with E-state index >= 15 is 0 Å². The maximum absolute atomic E-state index is 6.08. The first-order chi connectivity index (χ1) is 11.7. The molecule has 4 rings (SSSR count). The van der Waals surface area contributed by atoms with E-state index in [0.29, 0.717) is 0 Å². The predicted octanol–water partition coefficient (Wildman–Crippen LogP) is 5.84. The normalized spacial score (nSPS) is 11.3. The number of nitrogens with zero attached hydrogens (tertiary/aromatic N) is 1. The molecule has 0 spiro atoms. The molecule has 0 saturated carbocycles. The summed E-state index contributed by atoms with van der Waals surface area (Å²) >= 11 is 0. The van der Waals surface area contributed by atoms with Gasteiger partial charge in [-0.05, 0) is 42.8 Å². The number of para-hydroxylation sites is 1. The van der Waals surface area contributed by atoms with Crippen molar-refractivity contribution in [1.82, 2.24) is 4.98 Å². The topological polar surface area (TPSA) is 22.1 Å². The summed E-state index contributed by atoms with van der Waals surface area (Å²) in [4.78, 5) is 4.88. The second-order valence-corrected chi connectivity index (χ2v) is 6.22. The van der Waals surface area contributed by atoms with E-state index in [1.54, 1.807) is 0 Å². The second kappa shape index (κ2) is 5.97. The van der Waals surface area contributed by atoms with Crippen LogP contribution in [-0.4, -0.2) is 11.1 Å². The van der Waals surface area contributed by atoms with E-state index in [2.05, 4.69) is 54.6 Å². The zero-order chi connectivity index (χ0) is 16.5. The minimum absolute atomic E-state index is 0.116. The SMILES string of the molecule is CC(C)Oc1ccc2ccccc2c1-c1ccc2ccccc2n1. The van der Waals surface area contributed by atoms with Gasteiger partial charge in [0.05, 0.1) is 22.9 Å². The van der Waals surface area contributed by atoms with Crippen LogP contribution in [-0.2, 0) is 0 Å². The molecule has 0 fully saturated rings. The lowest BCUT2D eigenvalue weighted by Gasteiger charge is -2.16. The molecule has 0 amide bonds. The average Bonchev–Trinajstić information content (AvgIpc) is 2.60. The summed E-state index contributed by atoms with van der Waals surface area (Å²) < 4.78 is 6.08. The number of aromatic nitrogens is 1. The van der Waals surface area contributed by atoms with Crippen molar-refractivity contribution < 1.29 is 4.74 Å². The first-order valence-electron chi connectivity index (χ1n) is 8.27. The zero-order valence-corrected chi connectivity index (χ0v) is 13.9. The summed E-state index contributed by atoms with van der Waals surface area (Å²) in [7, 11) is 0. The van der Waals surface area contributed by atoms with Crippen molar-refractivity contribution in [3.8, 4) is 17.0 Å². The van der Waals surface area contributed by atoms with E-state index in [9.17, 15) is 0 Å². The van der Waals surface area contributed by atoms with Crippen LogP contribution < -0.4 is 4.74 Å². The molecule has 0 aliphatic rings. The molecule has 118 valence electrons. The molecule has 0 aliphatic heterocycles. The van der Waals surface area contributed by atoms with Crippen molar-refractivity contribution in [3.05, 3.63) is 72.8 Å². The number of hydrogen-bond acceptors (Lipinski definition) is 2. The number of pyridine rings is 1. The van der Waals surface area contributed by atoms with Crippen LogP contribution in [0.2, 0.25) is 0 Å². The fraction of sp³-hybridized carbons (Fsp3) is 0.136. The standard InChI is InChI=1S/C22H19NO/c1-15(2)24-21-14-12-16-7-3-5-9-18(16)22(21)20-13-11-17-8-4-6-10-19(17)23-20/h3-15H,1-2H3. The molecular weight excluding hydrogens is 294 g/mol. The highest BCUT2D eigenvalue weighted by atomic mass is 16.5. The van der Waals surface area contributed by atoms with Crippen molar-refractivity contribution in [2.75, 3.05) is 0 Å². The molecule has 4 aromatic rings. The largest absolute Gasteiger partial charge is 0.490 e. The lowest BCUT2D eigenvalue weighted by Crippen LogP contribution is -2.07. The molecule has 2 heteroatoms. The predicted molar refractivity (Wildman–Crippen MR) is 100 cm³/mol. The number of hydrogen-bond donors (Lipinski definition) is 0. The van der Waals surface area contributed by atoms with Gasteiger partial charge in [0, 0.05) is 5.39 Å². The Morgan fingerprint density at radius 1 is 0.750 bits per heavy atom. The Morgan fingerprint density at radius 3 is 2.29 bits per heavy atom. The van der Waals surface area contributed by atoms with Gasteiger partial charge >= 0.3 is 0 Å². The molecule has 24 heavy (non-hydrogen) atoms. The summed E-state index contributed by atoms with van der Waals surface area (Å²) in [5.74, 6) is 0.881. The maximum Gasteiger partial charge on any atom is 0.129 e. The summed E-state index contributed by atoms with van der Waals surface area (Å²) in [6.45, 7) is 4.10. The van der Waals surface area contributed by atoms with Gasteiger partial charge in [0.2, 0.25) is 0 Å². The monoisotopic (exact) mass is 313 g/mol. The first kappa shape index (κ1) is 14.7. The van der Waals surface area contributed by atoms with Crippen molar-refractivity contribution in [1.29, 1.82) is 0 Å². The molecule has 0 unspecified atom stereocenters. The smallest absolute Gasteiger partial charge is 0.129 e. The van der Waals surface area contributed by atoms with Gasteiger partial charge < -0.3 is 4.74 Å². The molecule has 3 aromatic carbocycles. The minimum atomic E-state index is 0.116. The molecule has 0 N–H and O–H groups in total. The third kappa shape index (κ3) is 2.61. The average molecular weight is 313 g/mol. The summed E-state index contributed by atoms with van der Waals surface area (Å²) in [6.07, 6.45) is 0.116. The fourth-order valence-corrected chi connectivity index (χ4v) is 3.07. The lowest BCUT2D eigenvalue weighted by atomic mass is 10.00. The minimum Gasteiger partial charge on any atom is -0.490 e.